The minimum atomic E-state index is -1.18. The van der Waals surface area contributed by atoms with Crippen LogP contribution in [-0.2, 0) is 0 Å². The third kappa shape index (κ3) is 2.45. The van der Waals surface area contributed by atoms with E-state index in [1.54, 1.807) is 31.3 Å². The maximum atomic E-state index is 14.0. The van der Waals surface area contributed by atoms with Crippen molar-refractivity contribution in [3.63, 3.8) is 0 Å². The highest BCUT2D eigenvalue weighted by atomic mass is 19.1. The molecule has 0 heterocycles. The largest absolute Gasteiger partial charge is 0.478 e. The maximum absolute atomic E-state index is 14.0. The van der Waals surface area contributed by atoms with Crippen LogP contribution in [0.15, 0.2) is 42.5 Å². The molecule has 2 aromatic rings. The molecule has 0 fully saturated rings. The molecular weight excluding hydrogens is 259 g/mol. The van der Waals surface area contributed by atoms with Gasteiger partial charge in [-0.15, -0.1) is 0 Å². The molecule has 0 aliphatic heterocycles. The van der Waals surface area contributed by atoms with Gasteiger partial charge in [-0.25, -0.2) is 9.18 Å². The Morgan fingerprint density at radius 2 is 1.95 bits per heavy atom. The van der Waals surface area contributed by atoms with Crippen molar-refractivity contribution in [2.75, 3.05) is 11.9 Å². The first-order chi connectivity index (χ1) is 9.54. The molecule has 0 atom stereocenters. The van der Waals surface area contributed by atoms with E-state index in [1.807, 2.05) is 6.07 Å². The van der Waals surface area contributed by atoms with Crippen LogP contribution in [0.3, 0.4) is 0 Å². The zero-order valence-corrected chi connectivity index (χ0v) is 10.7. The lowest BCUT2D eigenvalue weighted by molar-refractivity contribution is 0.0696. The highest BCUT2D eigenvalue weighted by Gasteiger charge is 2.14. The fraction of sp³-hybridized carbons (Fsp3) is 0.0667. The van der Waals surface area contributed by atoms with E-state index < -0.39 is 11.8 Å². The van der Waals surface area contributed by atoms with E-state index in [2.05, 4.69) is 0 Å². The van der Waals surface area contributed by atoms with Gasteiger partial charge in [0.05, 0.1) is 22.5 Å². The lowest BCUT2D eigenvalue weighted by Gasteiger charge is -2.21. The van der Waals surface area contributed by atoms with Gasteiger partial charge in [-0.2, -0.15) is 5.26 Å². The van der Waals surface area contributed by atoms with Crippen molar-refractivity contribution in [3.05, 3.63) is 59.4 Å². The van der Waals surface area contributed by atoms with Crippen molar-refractivity contribution in [2.45, 2.75) is 0 Å². The van der Waals surface area contributed by atoms with Gasteiger partial charge in [0.15, 0.2) is 0 Å². The molecule has 4 nitrogen and oxygen atoms in total. The number of anilines is 2. The predicted molar refractivity (Wildman–Crippen MR) is 72.6 cm³/mol. The lowest BCUT2D eigenvalue weighted by atomic mass is 10.1. The minimum absolute atomic E-state index is 0.117. The monoisotopic (exact) mass is 270 g/mol. The zero-order chi connectivity index (χ0) is 14.7. The maximum Gasteiger partial charge on any atom is 0.335 e. The molecule has 2 rings (SSSR count). The molecule has 2 aromatic carbocycles. The highest BCUT2D eigenvalue weighted by Crippen LogP contribution is 2.29. The number of aromatic carboxylic acids is 1. The predicted octanol–water partition coefficient (Wildman–Crippen LogP) is 3.16. The zero-order valence-electron chi connectivity index (χ0n) is 10.7. The van der Waals surface area contributed by atoms with Gasteiger partial charge in [0.2, 0.25) is 0 Å². The molecule has 0 saturated heterocycles. The van der Waals surface area contributed by atoms with Crippen molar-refractivity contribution >= 4 is 17.3 Å². The summed E-state index contributed by atoms with van der Waals surface area (Å²) < 4.78 is 14.0. The normalized spacial score (nSPS) is 9.85. The Morgan fingerprint density at radius 1 is 1.25 bits per heavy atom. The summed E-state index contributed by atoms with van der Waals surface area (Å²) in [4.78, 5) is 12.3. The number of carboxylic acids is 1. The van der Waals surface area contributed by atoms with Crippen LogP contribution < -0.4 is 4.90 Å². The summed E-state index contributed by atoms with van der Waals surface area (Å²) >= 11 is 0. The van der Waals surface area contributed by atoms with Crippen LogP contribution in [0.2, 0.25) is 0 Å². The van der Waals surface area contributed by atoms with Crippen LogP contribution in [0, 0.1) is 17.1 Å². The molecule has 0 aliphatic rings. The van der Waals surface area contributed by atoms with E-state index in [9.17, 15) is 9.18 Å². The van der Waals surface area contributed by atoms with Crippen molar-refractivity contribution in [1.29, 1.82) is 5.26 Å². The molecule has 0 amide bonds. The number of nitriles is 1. The summed E-state index contributed by atoms with van der Waals surface area (Å²) in [7, 11) is 1.62. The fourth-order valence-corrected chi connectivity index (χ4v) is 1.90. The van der Waals surface area contributed by atoms with E-state index in [0.717, 1.165) is 6.07 Å². The lowest BCUT2D eigenvalue weighted by Crippen LogP contribution is -2.13. The number of para-hydroxylation sites is 1. The average Bonchev–Trinajstić information content (AvgIpc) is 2.46. The number of carboxylic acid groups (broad SMARTS) is 1. The van der Waals surface area contributed by atoms with Crippen molar-refractivity contribution < 1.29 is 14.3 Å². The summed E-state index contributed by atoms with van der Waals surface area (Å²) in [6.07, 6.45) is 0. The number of carbonyl (C=O) groups is 1. The van der Waals surface area contributed by atoms with Crippen LogP contribution in [0.1, 0.15) is 15.9 Å². The first kappa shape index (κ1) is 13.6. The number of hydrogen-bond donors (Lipinski definition) is 1. The molecular formula is C15H11FN2O2. The molecule has 0 aromatic heterocycles. The first-order valence-electron chi connectivity index (χ1n) is 5.80. The molecule has 0 saturated carbocycles. The Labute approximate surface area is 115 Å². The summed E-state index contributed by atoms with van der Waals surface area (Å²) in [5.41, 5.74) is 1.06. The molecule has 0 unspecified atom stereocenters. The van der Waals surface area contributed by atoms with Gasteiger partial charge in [-0.1, -0.05) is 12.1 Å². The van der Waals surface area contributed by atoms with Crippen LogP contribution in [0.4, 0.5) is 15.8 Å². The Bertz CT molecular complexity index is 707. The summed E-state index contributed by atoms with van der Waals surface area (Å²) in [5.74, 6) is -1.84. The van der Waals surface area contributed by atoms with Gasteiger partial charge in [0, 0.05) is 7.05 Å². The summed E-state index contributed by atoms with van der Waals surface area (Å²) in [6.45, 7) is 0. The SMILES string of the molecule is CN(c1ccc(C(=O)O)cc1F)c1ccccc1C#N. The van der Waals surface area contributed by atoms with E-state index in [4.69, 9.17) is 10.4 Å². The molecule has 0 radical (unpaired) electrons. The van der Waals surface area contributed by atoms with Gasteiger partial charge in [-0.3, -0.25) is 0 Å². The molecule has 0 aliphatic carbocycles. The molecule has 0 spiro atoms. The quantitative estimate of drug-likeness (QED) is 0.930. The number of benzene rings is 2. The first-order valence-corrected chi connectivity index (χ1v) is 5.80. The van der Waals surface area contributed by atoms with Crippen LogP contribution in [-0.4, -0.2) is 18.1 Å². The third-order valence-corrected chi connectivity index (χ3v) is 2.94. The van der Waals surface area contributed by atoms with Gasteiger partial charge < -0.3 is 10.0 Å². The molecule has 1 N–H and O–H groups in total. The summed E-state index contributed by atoms with van der Waals surface area (Å²) in [5, 5.41) is 17.9. The molecule has 5 heteroatoms. The fourth-order valence-electron chi connectivity index (χ4n) is 1.90. The second kappa shape index (κ2) is 5.41. The van der Waals surface area contributed by atoms with E-state index in [0.29, 0.717) is 11.3 Å². The van der Waals surface area contributed by atoms with Gasteiger partial charge in [-0.05, 0) is 30.3 Å². The molecule has 0 bridgehead atoms. The molecule has 100 valence electrons. The second-order valence-corrected chi connectivity index (χ2v) is 4.16. The smallest absolute Gasteiger partial charge is 0.335 e. The van der Waals surface area contributed by atoms with Gasteiger partial charge >= 0.3 is 5.97 Å². The van der Waals surface area contributed by atoms with Gasteiger partial charge in [0.1, 0.15) is 11.9 Å². The van der Waals surface area contributed by atoms with E-state index >= 15 is 0 Å². The Kier molecular flexibility index (Phi) is 3.67. The Morgan fingerprint density at radius 3 is 2.55 bits per heavy atom. The highest BCUT2D eigenvalue weighted by molar-refractivity contribution is 5.88. The Hall–Kier alpha value is -2.87. The number of nitrogens with zero attached hydrogens (tertiary/aromatic N) is 2. The van der Waals surface area contributed by atoms with Crippen LogP contribution >= 0.6 is 0 Å². The topological polar surface area (TPSA) is 64.3 Å². The molecule has 20 heavy (non-hydrogen) atoms. The van der Waals surface area contributed by atoms with Crippen molar-refractivity contribution in [2.24, 2.45) is 0 Å². The van der Waals surface area contributed by atoms with Crippen LogP contribution in [0.5, 0.6) is 0 Å². The minimum Gasteiger partial charge on any atom is -0.478 e. The van der Waals surface area contributed by atoms with Crippen molar-refractivity contribution in [1.82, 2.24) is 0 Å². The van der Waals surface area contributed by atoms with Crippen LogP contribution in [0.25, 0.3) is 0 Å². The number of halogens is 1. The van der Waals surface area contributed by atoms with Gasteiger partial charge in [0.25, 0.3) is 0 Å². The number of rotatable bonds is 3. The third-order valence-electron chi connectivity index (χ3n) is 2.94. The standard InChI is InChI=1S/C15H11FN2O2/c1-18(13-5-3-2-4-11(13)9-17)14-7-6-10(15(19)20)8-12(14)16/h2-8H,1H3,(H,19,20). The number of hydrogen-bond acceptors (Lipinski definition) is 3. The second-order valence-electron chi connectivity index (χ2n) is 4.16. The van der Waals surface area contributed by atoms with E-state index in [1.165, 1.54) is 17.0 Å². The average molecular weight is 270 g/mol. The van der Waals surface area contributed by atoms with Crippen molar-refractivity contribution in [3.8, 4) is 6.07 Å². The summed E-state index contributed by atoms with van der Waals surface area (Å²) in [6, 6.07) is 12.5. The van der Waals surface area contributed by atoms with E-state index in [-0.39, 0.29) is 11.3 Å². The Balaban J connectivity index is 2.46.